The Morgan fingerprint density at radius 1 is 1.25 bits per heavy atom. The minimum Gasteiger partial charge on any atom is -0.480 e. The van der Waals surface area contributed by atoms with Crippen LogP contribution in [-0.4, -0.2) is 41.1 Å². The highest BCUT2D eigenvalue weighted by Gasteiger charge is 2.27. The molecule has 0 heterocycles. The van der Waals surface area contributed by atoms with E-state index >= 15 is 0 Å². The molecular formula is C12H23ClN2O5. The van der Waals surface area contributed by atoms with E-state index in [2.05, 4.69) is 5.32 Å². The number of ether oxygens (including phenoxy) is 1. The summed E-state index contributed by atoms with van der Waals surface area (Å²) in [6.45, 7) is 5.31. The zero-order valence-electron chi connectivity index (χ0n) is 12.0. The van der Waals surface area contributed by atoms with Crippen LogP contribution in [0.2, 0.25) is 0 Å². The van der Waals surface area contributed by atoms with Gasteiger partial charge in [-0.1, -0.05) is 0 Å². The van der Waals surface area contributed by atoms with Crippen LogP contribution >= 0.6 is 12.4 Å². The van der Waals surface area contributed by atoms with Crippen LogP contribution in [0.1, 0.15) is 40.0 Å². The van der Waals surface area contributed by atoms with Crippen LogP contribution in [0.15, 0.2) is 0 Å². The topological polar surface area (TPSA) is 119 Å². The molecule has 4 N–H and O–H groups in total. The molecule has 0 aromatic carbocycles. The van der Waals surface area contributed by atoms with E-state index in [1.54, 1.807) is 20.8 Å². The number of aliphatic carboxylic acids is 1. The summed E-state index contributed by atoms with van der Waals surface area (Å²) in [4.78, 5) is 33.8. The first-order valence-corrected chi connectivity index (χ1v) is 6.14. The maximum atomic E-state index is 11.5. The van der Waals surface area contributed by atoms with Gasteiger partial charge in [-0.25, -0.2) is 9.59 Å². The number of esters is 1. The number of hydrogen-bond donors (Lipinski definition) is 3. The number of unbranched alkanes of at least 4 members (excludes halogenated alkanes) is 1. The van der Waals surface area contributed by atoms with Gasteiger partial charge in [0.05, 0.1) is 0 Å². The summed E-state index contributed by atoms with van der Waals surface area (Å²) in [5, 5.41) is 11.1. The summed E-state index contributed by atoms with van der Waals surface area (Å²) in [6, 6.07) is -1.11. The first-order chi connectivity index (χ1) is 8.67. The van der Waals surface area contributed by atoms with Gasteiger partial charge in [0, 0.05) is 0 Å². The first kappa shape index (κ1) is 21.0. The zero-order chi connectivity index (χ0) is 15.1. The molecule has 0 rings (SSSR count). The van der Waals surface area contributed by atoms with E-state index in [1.165, 1.54) is 0 Å². The van der Waals surface area contributed by atoms with Crippen molar-refractivity contribution in [3.8, 4) is 0 Å². The summed E-state index contributed by atoms with van der Waals surface area (Å²) in [6.07, 6.45) is 1.44. The largest absolute Gasteiger partial charge is 0.480 e. The second kappa shape index (κ2) is 9.55. The smallest absolute Gasteiger partial charge is 0.397 e. The summed E-state index contributed by atoms with van der Waals surface area (Å²) in [5.41, 5.74) is 4.50. The van der Waals surface area contributed by atoms with E-state index in [0.29, 0.717) is 19.4 Å². The van der Waals surface area contributed by atoms with Gasteiger partial charge in [0.2, 0.25) is 0 Å². The molecule has 0 aliphatic carbocycles. The Bertz CT molecular complexity index is 341. The lowest BCUT2D eigenvalue weighted by molar-refractivity contribution is -0.164. The van der Waals surface area contributed by atoms with Crippen LogP contribution in [0.5, 0.6) is 0 Å². The number of nitrogens with one attached hydrogen (secondary N) is 1. The van der Waals surface area contributed by atoms with E-state index < -0.39 is 29.5 Å². The van der Waals surface area contributed by atoms with E-state index in [1.807, 2.05) is 0 Å². The number of hydrogen-bond acceptors (Lipinski definition) is 5. The van der Waals surface area contributed by atoms with Gasteiger partial charge in [-0.3, -0.25) is 4.79 Å². The maximum Gasteiger partial charge on any atom is 0.397 e. The molecule has 0 aromatic rings. The highest BCUT2D eigenvalue weighted by molar-refractivity contribution is 6.33. The molecule has 0 aliphatic rings. The lowest BCUT2D eigenvalue weighted by atomic mass is 10.1. The van der Waals surface area contributed by atoms with Gasteiger partial charge >= 0.3 is 17.8 Å². The van der Waals surface area contributed by atoms with Crippen molar-refractivity contribution in [2.24, 2.45) is 5.73 Å². The average molecular weight is 311 g/mol. The quantitative estimate of drug-likeness (QED) is 0.372. The molecule has 20 heavy (non-hydrogen) atoms. The molecule has 0 saturated carbocycles. The Labute approximate surface area is 124 Å². The number of nitrogens with two attached hydrogens (primary N) is 1. The lowest BCUT2D eigenvalue weighted by Gasteiger charge is -2.20. The Morgan fingerprint density at radius 3 is 2.20 bits per heavy atom. The molecule has 8 heteroatoms. The standard InChI is InChI=1S/C12H22N2O5.ClH/c1-12(2,3)19-11(18)9(15)14-8(10(16)17)6-4-5-7-13;/h8H,4-7,13H2,1-3H3,(H,14,15)(H,16,17);1H/t8-;/m0./s1. The number of rotatable bonds is 6. The molecule has 1 atom stereocenters. The van der Waals surface area contributed by atoms with Gasteiger partial charge < -0.3 is 20.9 Å². The third-order valence-corrected chi connectivity index (χ3v) is 2.13. The SMILES string of the molecule is CC(C)(C)OC(=O)C(=O)N[C@@H](CCCCN)C(=O)O.Cl. The predicted octanol–water partition coefficient (Wildman–Crippen LogP) is 0.448. The fourth-order valence-electron chi connectivity index (χ4n) is 1.29. The van der Waals surface area contributed by atoms with E-state index in [0.717, 1.165) is 0 Å². The molecule has 0 bridgehead atoms. The zero-order valence-corrected chi connectivity index (χ0v) is 12.8. The molecular weight excluding hydrogens is 288 g/mol. The minimum absolute atomic E-state index is 0. The summed E-state index contributed by atoms with van der Waals surface area (Å²) in [7, 11) is 0. The minimum atomic E-state index is -1.19. The van der Waals surface area contributed by atoms with E-state index in [4.69, 9.17) is 15.6 Å². The molecule has 0 radical (unpaired) electrons. The Balaban J connectivity index is 0. The molecule has 0 unspecified atom stereocenters. The van der Waals surface area contributed by atoms with Crippen molar-refractivity contribution in [3.63, 3.8) is 0 Å². The van der Waals surface area contributed by atoms with Crippen molar-refractivity contribution in [2.75, 3.05) is 6.54 Å². The van der Waals surface area contributed by atoms with Gasteiger partial charge in [0.15, 0.2) is 0 Å². The van der Waals surface area contributed by atoms with Crippen LogP contribution < -0.4 is 11.1 Å². The number of halogens is 1. The summed E-state index contributed by atoms with van der Waals surface area (Å²) < 4.78 is 4.84. The van der Waals surface area contributed by atoms with Gasteiger partial charge in [-0.2, -0.15) is 0 Å². The van der Waals surface area contributed by atoms with Crippen LogP contribution in [0.3, 0.4) is 0 Å². The molecule has 7 nitrogen and oxygen atoms in total. The van der Waals surface area contributed by atoms with Crippen molar-refractivity contribution < 1.29 is 24.2 Å². The van der Waals surface area contributed by atoms with Crippen LogP contribution in [-0.2, 0) is 19.1 Å². The normalized spacial score (nSPS) is 12.0. The molecule has 0 fully saturated rings. The molecule has 118 valence electrons. The first-order valence-electron chi connectivity index (χ1n) is 6.14. The second-order valence-electron chi connectivity index (χ2n) is 5.15. The van der Waals surface area contributed by atoms with Gasteiger partial charge in [-0.05, 0) is 46.6 Å². The molecule has 0 aromatic heterocycles. The monoisotopic (exact) mass is 310 g/mol. The van der Waals surface area contributed by atoms with Crippen molar-refractivity contribution in [1.29, 1.82) is 0 Å². The van der Waals surface area contributed by atoms with Gasteiger partial charge in [-0.15, -0.1) is 12.4 Å². The van der Waals surface area contributed by atoms with Crippen molar-refractivity contribution in [1.82, 2.24) is 5.32 Å². The van der Waals surface area contributed by atoms with Crippen molar-refractivity contribution in [3.05, 3.63) is 0 Å². The average Bonchev–Trinajstić information content (AvgIpc) is 2.25. The Kier molecular flexibility index (Phi) is 10.0. The Hall–Kier alpha value is -1.34. The summed E-state index contributed by atoms with van der Waals surface area (Å²) in [5.74, 6) is -3.32. The van der Waals surface area contributed by atoms with Crippen LogP contribution in [0.4, 0.5) is 0 Å². The van der Waals surface area contributed by atoms with Gasteiger partial charge in [0.25, 0.3) is 0 Å². The van der Waals surface area contributed by atoms with Crippen LogP contribution in [0.25, 0.3) is 0 Å². The number of amides is 1. The van der Waals surface area contributed by atoms with Gasteiger partial charge in [0.1, 0.15) is 11.6 Å². The predicted molar refractivity (Wildman–Crippen MR) is 75.6 cm³/mol. The number of carbonyl (C=O) groups excluding carboxylic acids is 2. The lowest BCUT2D eigenvalue weighted by Crippen LogP contribution is -2.45. The molecule has 0 spiro atoms. The fraction of sp³-hybridized carbons (Fsp3) is 0.750. The Morgan fingerprint density at radius 2 is 1.80 bits per heavy atom. The summed E-state index contributed by atoms with van der Waals surface area (Å²) >= 11 is 0. The highest BCUT2D eigenvalue weighted by Crippen LogP contribution is 2.07. The molecule has 0 aliphatic heterocycles. The maximum absolute atomic E-state index is 11.5. The molecule has 1 amide bonds. The third-order valence-electron chi connectivity index (χ3n) is 2.13. The number of carboxylic acid groups (broad SMARTS) is 1. The fourth-order valence-corrected chi connectivity index (χ4v) is 1.29. The van der Waals surface area contributed by atoms with Crippen molar-refractivity contribution >= 4 is 30.3 Å². The van der Waals surface area contributed by atoms with E-state index in [-0.39, 0.29) is 18.8 Å². The number of carbonyl (C=O) groups is 3. The number of carboxylic acids is 1. The van der Waals surface area contributed by atoms with Crippen molar-refractivity contribution in [2.45, 2.75) is 51.7 Å². The van der Waals surface area contributed by atoms with Crippen LogP contribution in [0, 0.1) is 0 Å². The molecule has 0 saturated heterocycles. The van der Waals surface area contributed by atoms with E-state index in [9.17, 15) is 14.4 Å². The highest BCUT2D eigenvalue weighted by atomic mass is 35.5. The third kappa shape index (κ3) is 9.57. The second-order valence-corrected chi connectivity index (χ2v) is 5.15.